The average Bonchev–Trinajstić information content (AvgIpc) is 2.27. The van der Waals surface area contributed by atoms with Crippen molar-refractivity contribution >= 4 is 28.5 Å². The molecule has 0 unspecified atom stereocenters. The minimum Gasteiger partial charge on any atom is -0.283 e. The number of fused-ring (bicyclic) bond motifs is 2. The first-order valence-corrected chi connectivity index (χ1v) is 5.90. The number of aliphatic imine (C=N–C) groups is 1. The number of hydrogen-bond acceptors (Lipinski definition) is 3. The maximum atomic E-state index is 11.8. The van der Waals surface area contributed by atoms with Crippen molar-refractivity contribution in [1.29, 1.82) is 0 Å². The molecule has 0 N–H and O–H groups in total. The standard InChI is InChI=1S/C12H10N2OS/c1-8-6-11(15)14-7-9-4-2-3-5-10(9)13-12(14)16-8/h2-6H,7H2,1H3. The van der Waals surface area contributed by atoms with E-state index in [-0.39, 0.29) is 5.91 Å². The van der Waals surface area contributed by atoms with Gasteiger partial charge >= 0.3 is 0 Å². The van der Waals surface area contributed by atoms with Gasteiger partial charge in [0, 0.05) is 6.08 Å². The second-order valence-corrected chi connectivity index (χ2v) is 5.02. The summed E-state index contributed by atoms with van der Waals surface area (Å²) in [6.07, 6.45) is 1.66. The smallest absolute Gasteiger partial charge is 0.253 e. The molecule has 80 valence electrons. The zero-order valence-electron chi connectivity index (χ0n) is 8.80. The van der Waals surface area contributed by atoms with Gasteiger partial charge in [0.25, 0.3) is 5.91 Å². The number of amidine groups is 1. The van der Waals surface area contributed by atoms with Crippen molar-refractivity contribution in [3.8, 4) is 0 Å². The Labute approximate surface area is 97.9 Å². The fourth-order valence-electron chi connectivity index (χ4n) is 1.83. The molecule has 0 atom stereocenters. The Hall–Kier alpha value is -1.55. The van der Waals surface area contributed by atoms with Crippen LogP contribution in [0.2, 0.25) is 0 Å². The number of hydrogen-bond donors (Lipinski definition) is 0. The number of thioether (sulfide) groups is 1. The maximum absolute atomic E-state index is 11.8. The Morgan fingerprint density at radius 3 is 3.06 bits per heavy atom. The van der Waals surface area contributed by atoms with Crippen LogP contribution in [0.15, 0.2) is 40.2 Å². The quantitative estimate of drug-likeness (QED) is 0.686. The molecule has 0 spiro atoms. The third-order valence-electron chi connectivity index (χ3n) is 2.61. The fraction of sp³-hybridized carbons (Fsp3) is 0.167. The van der Waals surface area contributed by atoms with Gasteiger partial charge in [0.05, 0.1) is 12.2 Å². The summed E-state index contributed by atoms with van der Waals surface area (Å²) in [5.74, 6) is 0.0319. The first-order chi connectivity index (χ1) is 7.74. The number of amides is 1. The molecule has 2 aliphatic rings. The highest BCUT2D eigenvalue weighted by Crippen LogP contribution is 2.34. The summed E-state index contributed by atoms with van der Waals surface area (Å²) in [5.41, 5.74) is 2.08. The molecule has 1 aromatic carbocycles. The van der Waals surface area contributed by atoms with Crippen molar-refractivity contribution in [1.82, 2.24) is 4.90 Å². The number of para-hydroxylation sites is 1. The lowest BCUT2D eigenvalue weighted by molar-refractivity contribution is -0.122. The monoisotopic (exact) mass is 230 g/mol. The fourth-order valence-corrected chi connectivity index (χ4v) is 2.69. The number of carbonyl (C=O) groups is 1. The molecule has 0 saturated carbocycles. The number of allylic oxidation sites excluding steroid dienone is 1. The molecular formula is C12H10N2OS. The van der Waals surface area contributed by atoms with Crippen molar-refractivity contribution in [2.75, 3.05) is 0 Å². The normalized spacial score (nSPS) is 18.6. The second-order valence-electron chi connectivity index (χ2n) is 3.80. The van der Waals surface area contributed by atoms with Gasteiger partial charge in [-0.15, -0.1) is 0 Å². The SMILES string of the molecule is CC1=CC(=O)N2Cc3ccccc3N=C2S1. The first-order valence-electron chi connectivity index (χ1n) is 5.08. The zero-order valence-corrected chi connectivity index (χ0v) is 9.62. The summed E-state index contributed by atoms with van der Waals surface area (Å²) in [7, 11) is 0. The summed E-state index contributed by atoms with van der Waals surface area (Å²) in [5, 5.41) is 0.795. The summed E-state index contributed by atoms with van der Waals surface area (Å²) in [4.78, 5) is 19.0. The summed E-state index contributed by atoms with van der Waals surface area (Å²) in [6.45, 7) is 2.56. The zero-order chi connectivity index (χ0) is 11.1. The van der Waals surface area contributed by atoms with Crippen LogP contribution < -0.4 is 0 Å². The van der Waals surface area contributed by atoms with E-state index in [4.69, 9.17) is 0 Å². The van der Waals surface area contributed by atoms with Crippen LogP contribution in [0.1, 0.15) is 12.5 Å². The van der Waals surface area contributed by atoms with Gasteiger partial charge in [0.15, 0.2) is 5.17 Å². The topological polar surface area (TPSA) is 32.7 Å². The highest BCUT2D eigenvalue weighted by Gasteiger charge is 2.28. The molecular weight excluding hydrogens is 220 g/mol. The Morgan fingerprint density at radius 2 is 2.19 bits per heavy atom. The van der Waals surface area contributed by atoms with Crippen molar-refractivity contribution < 1.29 is 4.79 Å². The molecule has 0 aliphatic carbocycles. The third-order valence-corrected chi connectivity index (χ3v) is 3.55. The van der Waals surface area contributed by atoms with E-state index < -0.39 is 0 Å². The second kappa shape index (κ2) is 3.49. The predicted octanol–water partition coefficient (Wildman–Crippen LogP) is 2.67. The van der Waals surface area contributed by atoms with E-state index in [9.17, 15) is 4.79 Å². The molecule has 16 heavy (non-hydrogen) atoms. The highest BCUT2D eigenvalue weighted by atomic mass is 32.2. The van der Waals surface area contributed by atoms with Crippen molar-refractivity contribution in [2.24, 2.45) is 4.99 Å². The molecule has 2 heterocycles. The van der Waals surface area contributed by atoms with Crippen molar-refractivity contribution in [3.63, 3.8) is 0 Å². The molecule has 3 nitrogen and oxygen atoms in total. The molecule has 1 amide bonds. The Kier molecular flexibility index (Phi) is 2.11. The van der Waals surface area contributed by atoms with Crippen LogP contribution in [0.5, 0.6) is 0 Å². The van der Waals surface area contributed by atoms with Gasteiger partial charge in [-0.3, -0.25) is 9.69 Å². The molecule has 0 aromatic heterocycles. The van der Waals surface area contributed by atoms with Crippen molar-refractivity contribution in [2.45, 2.75) is 13.5 Å². The van der Waals surface area contributed by atoms with E-state index in [1.807, 2.05) is 31.2 Å². The molecule has 4 heteroatoms. The molecule has 0 bridgehead atoms. The van der Waals surface area contributed by atoms with Gasteiger partial charge in [-0.05, 0) is 23.5 Å². The lowest BCUT2D eigenvalue weighted by atomic mass is 10.1. The minimum absolute atomic E-state index is 0.0319. The number of carbonyl (C=O) groups excluding carboxylic acids is 1. The van der Waals surface area contributed by atoms with Crippen LogP contribution in [-0.2, 0) is 11.3 Å². The molecule has 0 saturated heterocycles. The molecule has 0 fully saturated rings. The van der Waals surface area contributed by atoms with Gasteiger partial charge in [0.1, 0.15) is 0 Å². The lowest BCUT2D eigenvalue weighted by Gasteiger charge is -2.30. The Morgan fingerprint density at radius 1 is 1.38 bits per heavy atom. The van der Waals surface area contributed by atoms with Crippen LogP contribution in [-0.4, -0.2) is 16.0 Å². The van der Waals surface area contributed by atoms with Crippen LogP contribution >= 0.6 is 11.8 Å². The number of benzene rings is 1. The predicted molar refractivity (Wildman–Crippen MR) is 65.4 cm³/mol. The van der Waals surface area contributed by atoms with Gasteiger partial charge in [0.2, 0.25) is 0 Å². The van der Waals surface area contributed by atoms with E-state index in [1.54, 1.807) is 22.7 Å². The molecule has 1 aromatic rings. The Balaban J connectivity index is 2.09. The Bertz CT molecular complexity index is 534. The van der Waals surface area contributed by atoms with Gasteiger partial charge in [-0.2, -0.15) is 0 Å². The molecule has 2 aliphatic heterocycles. The van der Waals surface area contributed by atoms with E-state index in [2.05, 4.69) is 4.99 Å². The van der Waals surface area contributed by atoms with E-state index in [0.717, 1.165) is 21.3 Å². The third kappa shape index (κ3) is 1.46. The van der Waals surface area contributed by atoms with Crippen LogP contribution in [0.25, 0.3) is 0 Å². The average molecular weight is 230 g/mol. The van der Waals surface area contributed by atoms with E-state index in [0.29, 0.717) is 6.54 Å². The van der Waals surface area contributed by atoms with Crippen LogP contribution in [0.3, 0.4) is 0 Å². The largest absolute Gasteiger partial charge is 0.283 e. The molecule has 3 rings (SSSR count). The molecule has 0 radical (unpaired) electrons. The van der Waals surface area contributed by atoms with Gasteiger partial charge in [-0.1, -0.05) is 30.0 Å². The van der Waals surface area contributed by atoms with Crippen molar-refractivity contribution in [3.05, 3.63) is 40.8 Å². The lowest BCUT2D eigenvalue weighted by Crippen LogP contribution is -2.37. The van der Waals surface area contributed by atoms with Crippen LogP contribution in [0.4, 0.5) is 5.69 Å². The number of rotatable bonds is 0. The highest BCUT2D eigenvalue weighted by molar-refractivity contribution is 8.17. The number of nitrogens with zero attached hydrogens (tertiary/aromatic N) is 2. The summed E-state index contributed by atoms with van der Waals surface area (Å²) >= 11 is 1.55. The van der Waals surface area contributed by atoms with Gasteiger partial charge < -0.3 is 0 Å². The first kappa shape index (κ1) is 9.66. The minimum atomic E-state index is 0.0319. The van der Waals surface area contributed by atoms with Crippen LogP contribution in [0, 0.1) is 0 Å². The van der Waals surface area contributed by atoms with Gasteiger partial charge in [-0.25, -0.2) is 4.99 Å². The summed E-state index contributed by atoms with van der Waals surface area (Å²) < 4.78 is 0. The van der Waals surface area contributed by atoms with E-state index >= 15 is 0 Å². The van der Waals surface area contributed by atoms with E-state index in [1.165, 1.54) is 0 Å². The summed E-state index contributed by atoms with van der Waals surface area (Å²) in [6, 6.07) is 7.94. The maximum Gasteiger partial charge on any atom is 0.253 e.